The molecule has 0 radical (unpaired) electrons. The van der Waals surface area contributed by atoms with Gasteiger partial charge in [-0.3, -0.25) is 0 Å². The van der Waals surface area contributed by atoms with Crippen LogP contribution in [0.3, 0.4) is 0 Å². The molecule has 1 saturated heterocycles. The van der Waals surface area contributed by atoms with Gasteiger partial charge in [-0.15, -0.1) is 11.3 Å². The van der Waals surface area contributed by atoms with Crippen molar-refractivity contribution in [1.82, 2.24) is 4.31 Å². The summed E-state index contributed by atoms with van der Waals surface area (Å²) in [7, 11) is -3.60. The standard InChI is InChI=1S/C21H23NO5S2/c1-2-14-27-17-8-6-16(7-9-17)15-18(21(23)24)19-10-11-20(28-19)29(25,26)22-12-4-3-5-13-22/h2,6-11,15H,1,3-5,12-14H2,(H,23,24)/p-1/b18-15+. The number of nitrogens with zero attached hydrogens (tertiary/aromatic N) is 1. The van der Waals surface area contributed by atoms with E-state index in [2.05, 4.69) is 6.58 Å². The first-order valence-corrected chi connectivity index (χ1v) is 11.5. The fraction of sp³-hybridized carbons (Fsp3) is 0.286. The summed E-state index contributed by atoms with van der Waals surface area (Å²) in [5.74, 6) is -0.719. The number of aliphatic carboxylic acids is 1. The molecule has 8 heteroatoms. The number of carbonyl (C=O) groups excluding carboxylic acids is 1. The molecule has 1 aromatic carbocycles. The quantitative estimate of drug-likeness (QED) is 0.473. The molecule has 2 heterocycles. The third-order valence-corrected chi connectivity index (χ3v) is 8.02. The van der Waals surface area contributed by atoms with Crippen LogP contribution in [0.2, 0.25) is 0 Å². The molecule has 0 amide bonds. The van der Waals surface area contributed by atoms with E-state index in [0.717, 1.165) is 30.6 Å². The maximum absolute atomic E-state index is 12.8. The van der Waals surface area contributed by atoms with Gasteiger partial charge in [0.1, 0.15) is 16.6 Å². The first-order chi connectivity index (χ1) is 13.9. The number of carboxylic acids is 1. The summed E-state index contributed by atoms with van der Waals surface area (Å²) in [6, 6.07) is 9.88. The monoisotopic (exact) mass is 432 g/mol. The number of piperidine rings is 1. The molecule has 6 nitrogen and oxygen atoms in total. The number of hydrogen-bond acceptors (Lipinski definition) is 6. The van der Waals surface area contributed by atoms with Gasteiger partial charge in [0, 0.05) is 23.5 Å². The highest BCUT2D eigenvalue weighted by molar-refractivity contribution is 7.91. The van der Waals surface area contributed by atoms with Crippen LogP contribution in [0, 0.1) is 0 Å². The Morgan fingerprint density at radius 1 is 1.14 bits per heavy atom. The summed E-state index contributed by atoms with van der Waals surface area (Å²) in [5.41, 5.74) is 0.582. The second-order valence-electron chi connectivity index (χ2n) is 6.60. The lowest BCUT2D eigenvalue weighted by Gasteiger charge is -2.25. The van der Waals surface area contributed by atoms with Gasteiger partial charge in [0.05, 0.1) is 5.97 Å². The van der Waals surface area contributed by atoms with Gasteiger partial charge in [-0.25, -0.2) is 8.42 Å². The van der Waals surface area contributed by atoms with Gasteiger partial charge >= 0.3 is 0 Å². The molecule has 154 valence electrons. The zero-order valence-corrected chi connectivity index (χ0v) is 17.5. The summed E-state index contributed by atoms with van der Waals surface area (Å²) < 4.78 is 32.6. The Bertz CT molecular complexity index is 1000. The van der Waals surface area contributed by atoms with Crippen molar-refractivity contribution >= 4 is 39.0 Å². The molecule has 0 atom stereocenters. The van der Waals surface area contributed by atoms with Crippen LogP contribution in [-0.2, 0) is 14.8 Å². The number of carboxylic acid groups (broad SMARTS) is 1. The summed E-state index contributed by atoms with van der Waals surface area (Å²) >= 11 is 0.949. The second kappa shape index (κ2) is 9.39. The molecule has 0 unspecified atom stereocenters. The maximum atomic E-state index is 12.8. The van der Waals surface area contributed by atoms with Crippen molar-refractivity contribution in [2.45, 2.75) is 23.5 Å². The van der Waals surface area contributed by atoms with Crippen LogP contribution in [0.25, 0.3) is 11.6 Å². The highest BCUT2D eigenvalue weighted by atomic mass is 32.2. The Balaban J connectivity index is 1.85. The van der Waals surface area contributed by atoms with E-state index in [0.29, 0.717) is 35.9 Å². The van der Waals surface area contributed by atoms with Crippen molar-refractivity contribution in [2.24, 2.45) is 0 Å². The van der Waals surface area contributed by atoms with Crippen LogP contribution in [0.1, 0.15) is 29.7 Å². The predicted octanol–water partition coefficient (Wildman–Crippen LogP) is 2.78. The van der Waals surface area contributed by atoms with Crippen molar-refractivity contribution < 1.29 is 23.1 Å². The SMILES string of the molecule is C=CCOc1ccc(/C=C(/C(=O)[O-])c2ccc(S(=O)(=O)N3CCCCC3)s2)cc1. The van der Waals surface area contributed by atoms with Crippen LogP contribution < -0.4 is 9.84 Å². The zero-order chi connectivity index (χ0) is 20.9. The van der Waals surface area contributed by atoms with Gasteiger partial charge < -0.3 is 14.6 Å². The van der Waals surface area contributed by atoms with Crippen LogP contribution in [0.4, 0.5) is 0 Å². The molecule has 1 aromatic heterocycles. The van der Waals surface area contributed by atoms with Crippen molar-refractivity contribution in [3.8, 4) is 5.75 Å². The van der Waals surface area contributed by atoms with Crippen LogP contribution in [0.5, 0.6) is 5.75 Å². The molecule has 0 bridgehead atoms. The number of sulfonamides is 1. The Labute approximate surface area is 174 Å². The van der Waals surface area contributed by atoms with Gasteiger partial charge in [-0.1, -0.05) is 31.2 Å². The number of rotatable bonds is 8. The minimum atomic E-state index is -3.60. The Hall–Kier alpha value is -2.42. The molecule has 1 fully saturated rings. The molecular weight excluding hydrogens is 410 g/mol. The lowest BCUT2D eigenvalue weighted by Crippen LogP contribution is -2.35. The van der Waals surface area contributed by atoms with E-state index in [9.17, 15) is 18.3 Å². The van der Waals surface area contributed by atoms with E-state index in [4.69, 9.17) is 4.74 Å². The molecule has 0 aliphatic carbocycles. The van der Waals surface area contributed by atoms with E-state index in [-0.39, 0.29) is 9.78 Å². The van der Waals surface area contributed by atoms with Crippen molar-refractivity contribution in [1.29, 1.82) is 0 Å². The van der Waals surface area contributed by atoms with E-state index in [1.165, 1.54) is 22.5 Å². The molecule has 1 aliphatic heterocycles. The lowest BCUT2D eigenvalue weighted by atomic mass is 10.1. The maximum Gasteiger partial charge on any atom is 0.252 e. The topological polar surface area (TPSA) is 86.7 Å². The summed E-state index contributed by atoms with van der Waals surface area (Å²) in [4.78, 5) is 12.0. The van der Waals surface area contributed by atoms with Gasteiger partial charge in [0.15, 0.2) is 0 Å². The number of hydrogen-bond donors (Lipinski definition) is 0. The average Bonchev–Trinajstić information content (AvgIpc) is 3.22. The molecule has 29 heavy (non-hydrogen) atoms. The summed E-state index contributed by atoms with van der Waals surface area (Å²) in [5, 5.41) is 11.7. The molecule has 3 rings (SSSR count). The Kier molecular flexibility index (Phi) is 6.89. The average molecular weight is 433 g/mol. The normalized spacial score (nSPS) is 15.8. The highest BCUT2D eigenvalue weighted by Gasteiger charge is 2.27. The highest BCUT2D eigenvalue weighted by Crippen LogP contribution is 2.31. The summed E-state index contributed by atoms with van der Waals surface area (Å²) in [6.45, 7) is 4.96. The Morgan fingerprint density at radius 3 is 2.45 bits per heavy atom. The second-order valence-corrected chi connectivity index (χ2v) is 9.85. The first kappa shape index (κ1) is 21.3. The number of thiophene rings is 1. The van der Waals surface area contributed by atoms with Crippen LogP contribution >= 0.6 is 11.3 Å². The molecule has 0 saturated carbocycles. The number of benzene rings is 1. The third-order valence-electron chi connectivity index (χ3n) is 4.53. The lowest BCUT2D eigenvalue weighted by molar-refractivity contribution is -0.295. The molecule has 1 aliphatic rings. The predicted molar refractivity (Wildman–Crippen MR) is 112 cm³/mol. The number of ether oxygens (including phenoxy) is 1. The van der Waals surface area contributed by atoms with Crippen molar-refractivity contribution in [3.63, 3.8) is 0 Å². The van der Waals surface area contributed by atoms with E-state index in [1.807, 2.05) is 0 Å². The molecule has 2 aromatic rings. The van der Waals surface area contributed by atoms with E-state index < -0.39 is 16.0 Å². The van der Waals surface area contributed by atoms with Crippen molar-refractivity contribution in [2.75, 3.05) is 19.7 Å². The van der Waals surface area contributed by atoms with Gasteiger partial charge in [0.2, 0.25) is 0 Å². The van der Waals surface area contributed by atoms with Gasteiger partial charge in [-0.2, -0.15) is 4.31 Å². The van der Waals surface area contributed by atoms with Gasteiger partial charge in [-0.05, 0) is 48.7 Å². The third kappa shape index (κ3) is 5.14. The minimum Gasteiger partial charge on any atom is -0.545 e. The van der Waals surface area contributed by atoms with Crippen LogP contribution in [0.15, 0.2) is 53.3 Å². The van der Waals surface area contributed by atoms with Crippen LogP contribution in [-0.4, -0.2) is 38.4 Å². The smallest absolute Gasteiger partial charge is 0.252 e. The minimum absolute atomic E-state index is 0.0603. The fourth-order valence-electron chi connectivity index (χ4n) is 3.05. The van der Waals surface area contributed by atoms with Crippen molar-refractivity contribution in [3.05, 3.63) is 59.5 Å². The van der Waals surface area contributed by atoms with Gasteiger partial charge in [0.25, 0.3) is 10.0 Å². The Morgan fingerprint density at radius 2 is 1.83 bits per heavy atom. The van der Waals surface area contributed by atoms with E-state index in [1.54, 1.807) is 30.3 Å². The number of carbonyl (C=O) groups is 1. The summed E-state index contributed by atoms with van der Waals surface area (Å²) in [6.07, 6.45) is 5.81. The van der Waals surface area contributed by atoms with E-state index >= 15 is 0 Å². The largest absolute Gasteiger partial charge is 0.545 e. The zero-order valence-electron chi connectivity index (χ0n) is 15.9. The molecule has 0 spiro atoms. The molecule has 0 N–H and O–H groups in total. The molecular formula is C21H22NO5S2-. The fourth-order valence-corrected chi connectivity index (χ4v) is 6.03. The first-order valence-electron chi connectivity index (χ1n) is 9.29.